The Morgan fingerprint density at radius 3 is 2.50 bits per heavy atom. The minimum atomic E-state index is -1.15. The Hall–Kier alpha value is -3.94. The van der Waals surface area contributed by atoms with Gasteiger partial charge in [0.05, 0.1) is 23.3 Å². The van der Waals surface area contributed by atoms with Crippen LogP contribution in [0.2, 0.25) is 0 Å². The molecule has 0 unspecified atom stereocenters. The average molecular weight is 435 g/mol. The van der Waals surface area contributed by atoms with Crippen molar-refractivity contribution in [3.05, 3.63) is 70.5 Å². The van der Waals surface area contributed by atoms with Gasteiger partial charge in [0.1, 0.15) is 18.2 Å². The highest BCUT2D eigenvalue weighted by atomic mass is 16.5. The molecule has 2 amide bonds. The van der Waals surface area contributed by atoms with E-state index in [-0.39, 0.29) is 30.1 Å². The SMILES string of the molecule is CCOC(=O)c1oc2ccccc2c1COC(=O)[C@@H](C)N1C(=O)c2ccc(C)cc2C1=O. The summed E-state index contributed by atoms with van der Waals surface area (Å²) in [6.45, 7) is 4.79. The van der Waals surface area contributed by atoms with Gasteiger partial charge < -0.3 is 13.9 Å². The van der Waals surface area contributed by atoms with Crippen LogP contribution in [-0.2, 0) is 20.9 Å². The van der Waals surface area contributed by atoms with Gasteiger partial charge in [-0.3, -0.25) is 14.5 Å². The van der Waals surface area contributed by atoms with E-state index in [4.69, 9.17) is 13.9 Å². The van der Waals surface area contributed by atoms with Crippen LogP contribution in [0.5, 0.6) is 0 Å². The van der Waals surface area contributed by atoms with Crippen molar-refractivity contribution >= 4 is 34.7 Å². The van der Waals surface area contributed by atoms with Crippen LogP contribution in [0.4, 0.5) is 0 Å². The predicted octanol–water partition coefficient (Wildman–Crippen LogP) is 3.65. The summed E-state index contributed by atoms with van der Waals surface area (Å²) in [5, 5.41) is 0.604. The zero-order chi connectivity index (χ0) is 23.0. The number of fused-ring (bicyclic) bond motifs is 2. The van der Waals surface area contributed by atoms with E-state index in [1.807, 2.05) is 6.92 Å². The molecule has 0 aliphatic carbocycles. The van der Waals surface area contributed by atoms with Crippen molar-refractivity contribution in [2.45, 2.75) is 33.4 Å². The summed E-state index contributed by atoms with van der Waals surface area (Å²) in [6, 6.07) is 10.7. The standard InChI is InChI=1S/C24H21NO7/c1-4-30-24(29)20-18(15-7-5-6-8-19(15)32-20)12-31-23(28)14(3)25-21(26)16-10-9-13(2)11-17(16)22(25)27/h5-11,14H,4,12H2,1-3H3/t14-/m1/s1. The minimum Gasteiger partial charge on any atom is -0.460 e. The number of hydrogen-bond acceptors (Lipinski definition) is 7. The van der Waals surface area contributed by atoms with Gasteiger partial charge in [-0.15, -0.1) is 0 Å². The maximum absolute atomic E-state index is 12.8. The van der Waals surface area contributed by atoms with Crippen molar-refractivity contribution in [1.29, 1.82) is 0 Å². The second kappa shape index (κ2) is 8.30. The van der Waals surface area contributed by atoms with Gasteiger partial charge in [-0.05, 0) is 39.0 Å². The number of benzene rings is 2. The van der Waals surface area contributed by atoms with Crippen molar-refractivity contribution in [1.82, 2.24) is 4.90 Å². The molecule has 3 aromatic rings. The lowest BCUT2D eigenvalue weighted by Crippen LogP contribution is -2.43. The van der Waals surface area contributed by atoms with E-state index in [0.717, 1.165) is 10.5 Å². The number of nitrogens with zero attached hydrogens (tertiary/aromatic N) is 1. The van der Waals surface area contributed by atoms with Crippen molar-refractivity contribution in [3.63, 3.8) is 0 Å². The summed E-state index contributed by atoms with van der Waals surface area (Å²) >= 11 is 0. The third-order valence-corrected chi connectivity index (χ3v) is 5.32. The monoisotopic (exact) mass is 435 g/mol. The Balaban J connectivity index is 1.55. The van der Waals surface area contributed by atoms with Crippen molar-refractivity contribution < 1.29 is 33.1 Å². The third-order valence-electron chi connectivity index (χ3n) is 5.32. The number of esters is 2. The van der Waals surface area contributed by atoms with E-state index in [0.29, 0.717) is 16.5 Å². The molecule has 0 saturated heterocycles. The summed E-state index contributed by atoms with van der Waals surface area (Å²) in [6.07, 6.45) is 0. The normalized spacial score (nSPS) is 13.9. The second-order valence-corrected chi connectivity index (χ2v) is 7.44. The quantitative estimate of drug-likeness (QED) is 0.430. The van der Waals surface area contributed by atoms with Crippen molar-refractivity contribution in [2.24, 2.45) is 0 Å². The summed E-state index contributed by atoms with van der Waals surface area (Å²) in [5.74, 6) is -2.59. The van der Waals surface area contributed by atoms with E-state index in [1.54, 1.807) is 49.4 Å². The maximum Gasteiger partial charge on any atom is 0.374 e. The van der Waals surface area contributed by atoms with Crippen molar-refractivity contribution in [2.75, 3.05) is 6.61 Å². The first-order valence-electron chi connectivity index (χ1n) is 10.2. The largest absolute Gasteiger partial charge is 0.460 e. The first-order valence-corrected chi connectivity index (χ1v) is 10.2. The summed E-state index contributed by atoms with van der Waals surface area (Å²) in [4.78, 5) is 51.4. The van der Waals surface area contributed by atoms with Gasteiger partial charge in [-0.1, -0.05) is 29.8 Å². The zero-order valence-corrected chi connectivity index (χ0v) is 17.8. The first-order chi connectivity index (χ1) is 15.3. The molecule has 1 aromatic heterocycles. The number of furan rings is 1. The molecular weight excluding hydrogens is 414 g/mol. The molecule has 1 aliphatic rings. The molecule has 8 heteroatoms. The number of rotatable bonds is 6. The van der Waals surface area contributed by atoms with E-state index < -0.39 is 29.8 Å². The summed E-state index contributed by atoms with van der Waals surface area (Å²) in [5.41, 5.74) is 2.16. The van der Waals surface area contributed by atoms with Crippen LogP contribution >= 0.6 is 0 Å². The number of carbonyl (C=O) groups is 4. The number of amides is 2. The topological polar surface area (TPSA) is 103 Å². The smallest absolute Gasteiger partial charge is 0.374 e. The molecule has 4 rings (SSSR count). The molecular formula is C24H21NO7. The fourth-order valence-electron chi connectivity index (χ4n) is 3.70. The zero-order valence-electron chi connectivity index (χ0n) is 17.8. The Morgan fingerprint density at radius 2 is 1.75 bits per heavy atom. The Kier molecular flexibility index (Phi) is 5.52. The van der Waals surface area contributed by atoms with Crippen LogP contribution < -0.4 is 0 Å². The molecule has 2 heterocycles. The van der Waals surface area contributed by atoms with Crippen LogP contribution in [0.15, 0.2) is 46.9 Å². The van der Waals surface area contributed by atoms with Crippen LogP contribution in [0.25, 0.3) is 11.0 Å². The first kappa shape index (κ1) is 21.3. The summed E-state index contributed by atoms with van der Waals surface area (Å²) in [7, 11) is 0. The molecule has 8 nitrogen and oxygen atoms in total. The molecule has 0 fully saturated rings. The van der Waals surface area contributed by atoms with E-state index in [2.05, 4.69) is 0 Å². The molecule has 0 N–H and O–H groups in total. The number of carbonyl (C=O) groups excluding carboxylic acids is 4. The van der Waals surface area contributed by atoms with Gasteiger partial charge in [0.25, 0.3) is 11.8 Å². The fourth-order valence-corrected chi connectivity index (χ4v) is 3.70. The molecule has 1 aliphatic heterocycles. The van der Waals surface area contributed by atoms with Gasteiger partial charge in [-0.25, -0.2) is 9.59 Å². The number of aryl methyl sites for hydroxylation is 1. The Morgan fingerprint density at radius 1 is 1.03 bits per heavy atom. The molecule has 32 heavy (non-hydrogen) atoms. The molecule has 0 saturated carbocycles. The molecule has 2 aromatic carbocycles. The van der Waals surface area contributed by atoms with Gasteiger partial charge in [0.2, 0.25) is 5.76 Å². The minimum absolute atomic E-state index is 0.0512. The Labute approximate surface area is 183 Å². The number of para-hydroxylation sites is 1. The van der Waals surface area contributed by atoms with Crippen LogP contribution in [0.3, 0.4) is 0 Å². The van der Waals surface area contributed by atoms with Crippen molar-refractivity contribution in [3.8, 4) is 0 Å². The predicted molar refractivity (Wildman–Crippen MR) is 113 cm³/mol. The van der Waals surface area contributed by atoms with Crippen LogP contribution in [-0.4, -0.2) is 41.3 Å². The average Bonchev–Trinajstić information content (AvgIpc) is 3.26. The highest BCUT2D eigenvalue weighted by molar-refractivity contribution is 6.22. The molecule has 0 bridgehead atoms. The number of imide groups is 1. The highest BCUT2D eigenvalue weighted by Crippen LogP contribution is 2.29. The molecule has 0 radical (unpaired) electrons. The van der Waals surface area contributed by atoms with E-state index in [9.17, 15) is 19.2 Å². The lowest BCUT2D eigenvalue weighted by atomic mass is 10.1. The van der Waals surface area contributed by atoms with Gasteiger partial charge >= 0.3 is 11.9 Å². The van der Waals surface area contributed by atoms with Crippen LogP contribution in [0, 0.1) is 6.92 Å². The Bertz CT molecular complexity index is 1260. The van der Waals surface area contributed by atoms with Gasteiger partial charge in [-0.2, -0.15) is 0 Å². The van der Waals surface area contributed by atoms with E-state index in [1.165, 1.54) is 6.92 Å². The van der Waals surface area contributed by atoms with Gasteiger partial charge in [0, 0.05) is 5.39 Å². The fraction of sp³-hybridized carbons (Fsp3) is 0.250. The summed E-state index contributed by atoms with van der Waals surface area (Å²) < 4.78 is 16.0. The highest BCUT2D eigenvalue weighted by Gasteiger charge is 2.41. The number of hydrogen-bond donors (Lipinski definition) is 0. The third kappa shape index (κ3) is 3.53. The molecule has 1 atom stereocenters. The van der Waals surface area contributed by atoms with Crippen LogP contribution in [0.1, 0.15) is 56.2 Å². The second-order valence-electron chi connectivity index (χ2n) is 7.44. The number of ether oxygens (including phenoxy) is 2. The van der Waals surface area contributed by atoms with E-state index >= 15 is 0 Å². The maximum atomic E-state index is 12.8. The lowest BCUT2D eigenvalue weighted by molar-refractivity contribution is -0.149. The molecule has 0 spiro atoms. The molecule has 164 valence electrons. The lowest BCUT2D eigenvalue weighted by Gasteiger charge is -2.20. The van der Waals surface area contributed by atoms with Gasteiger partial charge in [0.15, 0.2) is 0 Å².